The maximum absolute atomic E-state index is 13.4. The predicted octanol–water partition coefficient (Wildman–Crippen LogP) is 3.03. The van der Waals surface area contributed by atoms with Crippen molar-refractivity contribution in [2.24, 2.45) is 0 Å². The van der Waals surface area contributed by atoms with Crippen molar-refractivity contribution < 1.29 is 23.7 Å². The number of anilines is 1. The van der Waals surface area contributed by atoms with E-state index in [2.05, 4.69) is 25.1 Å². The Morgan fingerprint density at radius 1 is 1.05 bits per heavy atom. The lowest BCUT2D eigenvalue weighted by molar-refractivity contribution is -0.121. The number of fused-ring (bicyclic) bond motifs is 1. The molecule has 0 spiro atoms. The largest absolute Gasteiger partial charge is 0.497 e. The molecule has 6 rings (SSSR count). The zero-order chi connectivity index (χ0) is 30.5. The molecule has 0 bridgehead atoms. The number of hydrogen-bond acceptors (Lipinski definition) is 10. The average Bonchev–Trinajstić information content (AvgIpc) is 3.59. The Bertz CT molecular complexity index is 1560. The highest BCUT2D eigenvalue weighted by Gasteiger charge is 2.33. The minimum Gasteiger partial charge on any atom is -0.497 e. The van der Waals surface area contributed by atoms with Gasteiger partial charge >= 0.3 is 0 Å². The van der Waals surface area contributed by atoms with Crippen LogP contribution in [0.1, 0.15) is 17.7 Å². The predicted molar refractivity (Wildman–Crippen MR) is 164 cm³/mol. The summed E-state index contributed by atoms with van der Waals surface area (Å²) < 4.78 is 24.8. The van der Waals surface area contributed by atoms with Gasteiger partial charge in [-0.2, -0.15) is 4.98 Å². The molecule has 2 unspecified atom stereocenters. The fraction of sp³-hybridized carbons (Fsp3) is 0.375. The summed E-state index contributed by atoms with van der Waals surface area (Å²) in [5.74, 6) is 4.14. The molecule has 44 heavy (non-hydrogen) atoms. The summed E-state index contributed by atoms with van der Waals surface area (Å²) in [6, 6.07) is 15.2. The first-order valence-electron chi connectivity index (χ1n) is 14.7. The average molecular weight is 600 g/mol. The number of nitrogens with one attached hydrogen (secondary N) is 1. The van der Waals surface area contributed by atoms with Gasteiger partial charge in [-0.05, 0) is 36.8 Å². The summed E-state index contributed by atoms with van der Waals surface area (Å²) in [5, 5.41) is 3.09. The van der Waals surface area contributed by atoms with E-state index in [1.54, 1.807) is 37.4 Å². The molecule has 12 nitrogen and oxygen atoms in total. The van der Waals surface area contributed by atoms with E-state index in [9.17, 15) is 4.79 Å². The first-order valence-corrected chi connectivity index (χ1v) is 14.7. The number of methoxy groups -OCH3 is 2. The van der Waals surface area contributed by atoms with Gasteiger partial charge in [-0.1, -0.05) is 12.1 Å². The number of carbonyl (C=O) groups is 1. The number of carbonyl (C=O) groups excluding carboxylic acids is 1. The Labute approximate surface area is 256 Å². The van der Waals surface area contributed by atoms with E-state index in [1.165, 1.54) is 0 Å². The maximum Gasteiger partial charge on any atom is 0.237 e. The zero-order valence-electron chi connectivity index (χ0n) is 25.2. The van der Waals surface area contributed by atoms with Crippen LogP contribution in [0.15, 0.2) is 67.3 Å². The summed E-state index contributed by atoms with van der Waals surface area (Å²) >= 11 is 0. The third kappa shape index (κ3) is 6.86. The quantitative estimate of drug-likeness (QED) is 0.292. The van der Waals surface area contributed by atoms with Gasteiger partial charge < -0.3 is 29.2 Å². The zero-order valence-corrected chi connectivity index (χ0v) is 25.2. The van der Waals surface area contributed by atoms with E-state index >= 15 is 0 Å². The molecule has 2 aliphatic heterocycles. The Morgan fingerprint density at radius 2 is 1.84 bits per heavy atom. The monoisotopic (exact) mass is 599 g/mol. The number of nitrogens with zero attached hydrogens (tertiary/aromatic N) is 6. The van der Waals surface area contributed by atoms with Crippen molar-refractivity contribution in [3.05, 3.63) is 78.5 Å². The number of hydrogen-bond donors (Lipinski definition) is 1. The van der Waals surface area contributed by atoms with Gasteiger partial charge in [0.2, 0.25) is 11.9 Å². The molecular weight excluding hydrogens is 562 g/mol. The minimum absolute atomic E-state index is 0.0598. The van der Waals surface area contributed by atoms with Crippen molar-refractivity contribution in [1.82, 2.24) is 29.7 Å². The van der Waals surface area contributed by atoms with Crippen LogP contribution in [0.5, 0.6) is 23.0 Å². The van der Waals surface area contributed by atoms with Gasteiger partial charge in [-0.15, -0.1) is 0 Å². The van der Waals surface area contributed by atoms with Crippen LogP contribution in [0.4, 0.5) is 5.82 Å². The third-order valence-electron chi connectivity index (χ3n) is 7.78. The molecule has 0 aliphatic carbocycles. The molecule has 2 aliphatic rings. The van der Waals surface area contributed by atoms with Gasteiger partial charge in [0.25, 0.3) is 0 Å². The second-order valence-electron chi connectivity index (χ2n) is 10.9. The van der Waals surface area contributed by atoms with E-state index in [-0.39, 0.29) is 24.5 Å². The molecule has 2 aromatic carbocycles. The van der Waals surface area contributed by atoms with Gasteiger partial charge in [0, 0.05) is 69.4 Å². The van der Waals surface area contributed by atoms with Crippen LogP contribution < -0.4 is 29.2 Å². The number of amides is 1. The lowest BCUT2D eigenvalue weighted by atomic mass is 10.1. The van der Waals surface area contributed by atoms with Gasteiger partial charge in [0.1, 0.15) is 36.4 Å². The second-order valence-corrected chi connectivity index (χ2v) is 10.9. The van der Waals surface area contributed by atoms with Gasteiger partial charge in [0.15, 0.2) is 11.5 Å². The molecule has 1 N–H and O–H groups in total. The number of imidazole rings is 1. The SMILES string of the molecule is COc1cc(CNC(=O)CC2CN(CC3COc4ccccc4O3)CCN2c2cc(C)nc(-n3ccnc3)n2)cc(OC)c1. The topological polar surface area (TPSA) is 116 Å². The summed E-state index contributed by atoms with van der Waals surface area (Å²) in [5.41, 5.74) is 1.73. The van der Waals surface area contributed by atoms with Crippen LogP contribution in [0.2, 0.25) is 0 Å². The number of piperazine rings is 1. The fourth-order valence-electron chi connectivity index (χ4n) is 5.63. The molecule has 1 fully saturated rings. The van der Waals surface area contributed by atoms with Crippen molar-refractivity contribution in [2.75, 3.05) is 51.9 Å². The van der Waals surface area contributed by atoms with Crippen molar-refractivity contribution >= 4 is 11.7 Å². The number of aromatic nitrogens is 4. The molecule has 1 saturated heterocycles. The summed E-state index contributed by atoms with van der Waals surface area (Å²) in [4.78, 5) is 31.6. The smallest absolute Gasteiger partial charge is 0.237 e. The first-order chi connectivity index (χ1) is 21.5. The van der Waals surface area contributed by atoms with Crippen molar-refractivity contribution in [3.63, 3.8) is 0 Å². The van der Waals surface area contributed by atoms with E-state index in [0.29, 0.717) is 50.2 Å². The second kappa shape index (κ2) is 13.2. The molecule has 2 aromatic heterocycles. The van der Waals surface area contributed by atoms with Crippen molar-refractivity contribution in [1.29, 1.82) is 0 Å². The lowest BCUT2D eigenvalue weighted by Gasteiger charge is -2.43. The molecule has 1 amide bonds. The van der Waals surface area contributed by atoms with E-state index in [4.69, 9.17) is 23.9 Å². The van der Waals surface area contributed by atoms with E-state index in [0.717, 1.165) is 35.1 Å². The van der Waals surface area contributed by atoms with Gasteiger partial charge in [-0.25, -0.2) is 9.97 Å². The first kappa shape index (κ1) is 29.2. The number of rotatable bonds is 10. The molecule has 0 saturated carbocycles. The fourth-order valence-corrected chi connectivity index (χ4v) is 5.63. The third-order valence-corrected chi connectivity index (χ3v) is 7.78. The molecule has 2 atom stereocenters. The normalized spacial score (nSPS) is 18.1. The number of aryl methyl sites for hydroxylation is 1. The van der Waals surface area contributed by atoms with Crippen LogP contribution in [-0.2, 0) is 11.3 Å². The van der Waals surface area contributed by atoms with Gasteiger partial charge in [0.05, 0.1) is 20.3 Å². The van der Waals surface area contributed by atoms with E-state index < -0.39 is 0 Å². The van der Waals surface area contributed by atoms with Crippen LogP contribution in [0.25, 0.3) is 5.95 Å². The molecule has 12 heteroatoms. The summed E-state index contributed by atoms with van der Waals surface area (Å²) in [6.45, 7) is 5.60. The molecule has 0 radical (unpaired) electrons. The van der Waals surface area contributed by atoms with Gasteiger partial charge in [-0.3, -0.25) is 14.3 Å². The Morgan fingerprint density at radius 3 is 2.59 bits per heavy atom. The standard InChI is InChI=1S/C32H37N7O5/c1-22-12-30(36-32(35-22)38-9-8-33-21-38)39-11-10-37(19-27-20-43-28-6-4-5-7-29(28)44-27)18-24(39)15-31(40)34-17-23-13-25(41-2)16-26(14-23)42-3/h4-9,12-14,16,21,24,27H,10-11,15,17-20H2,1-3H3,(H,34,40). The van der Waals surface area contributed by atoms with Crippen molar-refractivity contribution in [2.45, 2.75) is 32.0 Å². The highest BCUT2D eigenvalue weighted by molar-refractivity contribution is 5.77. The van der Waals surface area contributed by atoms with Crippen molar-refractivity contribution in [3.8, 4) is 28.9 Å². The maximum atomic E-state index is 13.4. The lowest BCUT2D eigenvalue weighted by Crippen LogP contribution is -2.57. The Hall–Kier alpha value is -4.84. The highest BCUT2D eigenvalue weighted by Crippen LogP contribution is 2.31. The Balaban J connectivity index is 1.18. The summed E-state index contributed by atoms with van der Waals surface area (Å²) in [6.07, 6.45) is 5.37. The minimum atomic E-state index is -0.134. The molecule has 4 heterocycles. The Kier molecular flexibility index (Phi) is 8.78. The van der Waals surface area contributed by atoms with Crippen LogP contribution in [0, 0.1) is 6.92 Å². The van der Waals surface area contributed by atoms with Crippen LogP contribution in [0.3, 0.4) is 0 Å². The number of para-hydroxylation sites is 2. The van der Waals surface area contributed by atoms with Crippen LogP contribution in [-0.4, -0.2) is 89.5 Å². The molecule has 4 aromatic rings. The van der Waals surface area contributed by atoms with Crippen LogP contribution >= 0.6 is 0 Å². The summed E-state index contributed by atoms with van der Waals surface area (Å²) in [7, 11) is 3.22. The molecular formula is C32H37N7O5. The molecule has 230 valence electrons. The van der Waals surface area contributed by atoms with E-state index in [1.807, 2.05) is 55.6 Å². The number of benzene rings is 2. The number of ether oxygens (including phenoxy) is 4. The highest BCUT2D eigenvalue weighted by atomic mass is 16.6.